The standard InChI is InChI=1S/C25H35N/c1-15-11-17(23(3,4)5)13-19-21(15)26-22-16(2)12-18(24(6,7)8)14-20(22)25(19,9)10/h11-14,26H,1-10H3. The summed E-state index contributed by atoms with van der Waals surface area (Å²) in [5.41, 5.74) is 11.2. The largest absolute Gasteiger partial charge is 0.355 e. The van der Waals surface area contributed by atoms with Crippen molar-refractivity contribution in [3.63, 3.8) is 0 Å². The van der Waals surface area contributed by atoms with Crippen LogP contribution in [0.25, 0.3) is 0 Å². The first-order valence-electron chi connectivity index (χ1n) is 9.81. The molecule has 3 rings (SSSR count). The quantitative estimate of drug-likeness (QED) is 0.527. The van der Waals surface area contributed by atoms with E-state index in [1.165, 1.54) is 44.8 Å². The molecule has 1 aliphatic rings. The maximum Gasteiger partial charge on any atom is 0.0455 e. The predicted molar refractivity (Wildman–Crippen MR) is 115 cm³/mol. The molecule has 0 saturated carbocycles. The second kappa shape index (κ2) is 5.62. The Labute approximate surface area is 160 Å². The molecule has 0 amide bonds. The van der Waals surface area contributed by atoms with E-state index >= 15 is 0 Å². The maximum absolute atomic E-state index is 3.79. The number of rotatable bonds is 0. The van der Waals surface area contributed by atoms with E-state index in [0.717, 1.165) is 0 Å². The van der Waals surface area contributed by atoms with Crippen molar-refractivity contribution >= 4 is 11.4 Å². The molecule has 0 fully saturated rings. The second-order valence-electron chi connectivity index (χ2n) is 10.7. The Bertz CT molecular complexity index is 799. The van der Waals surface area contributed by atoms with Crippen molar-refractivity contribution in [3.8, 4) is 0 Å². The molecule has 0 aliphatic carbocycles. The lowest BCUT2D eigenvalue weighted by Crippen LogP contribution is -2.29. The SMILES string of the molecule is Cc1cc(C(C)(C)C)cc2c1Nc1c(C)cc(C(C)(C)C)cc1C2(C)C. The summed E-state index contributed by atoms with van der Waals surface area (Å²) in [6.45, 7) is 23.0. The molecule has 1 N–H and O–H groups in total. The third-order valence-electron chi connectivity index (χ3n) is 6.00. The molecule has 0 unspecified atom stereocenters. The minimum Gasteiger partial charge on any atom is -0.355 e. The van der Waals surface area contributed by atoms with Crippen LogP contribution < -0.4 is 5.32 Å². The fourth-order valence-corrected chi connectivity index (χ4v) is 4.03. The summed E-state index contributed by atoms with van der Waals surface area (Å²) < 4.78 is 0. The van der Waals surface area contributed by atoms with E-state index in [9.17, 15) is 0 Å². The maximum atomic E-state index is 3.79. The number of anilines is 2. The van der Waals surface area contributed by atoms with Gasteiger partial charge < -0.3 is 5.32 Å². The van der Waals surface area contributed by atoms with E-state index in [1.807, 2.05) is 0 Å². The normalized spacial score (nSPS) is 15.9. The van der Waals surface area contributed by atoms with Gasteiger partial charge in [0.05, 0.1) is 0 Å². The highest BCUT2D eigenvalue weighted by atomic mass is 14.9. The van der Waals surface area contributed by atoms with Crippen molar-refractivity contribution in [2.45, 2.75) is 85.5 Å². The zero-order valence-corrected chi connectivity index (χ0v) is 18.3. The van der Waals surface area contributed by atoms with E-state index in [-0.39, 0.29) is 16.2 Å². The zero-order chi connectivity index (χ0) is 19.7. The summed E-state index contributed by atoms with van der Waals surface area (Å²) >= 11 is 0. The average molecular weight is 350 g/mol. The fourth-order valence-electron chi connectivity index (χ4n) is 4.03. The molecule has 1 aliphatic heterocycles. The summed E-state index contributed by atoms with van der Waals surface area (Å²) in [5, 5.41) is 3.79. The molecule has 2 aromatic rings. The molecule has 0 spiro atoms. The smallest absolute Gasteiger partial charge is 0.0455 e. The lowest BCUT2D eigenvalue weighted by atomic mass is 9.69. The Morgan fingerprint density at radius 3 is 1.31 bits per heavy atom. The summed E-state index contributed by atoms with van der Waals surface area (Å²) in [6, 6.07) is 9.56. The molecular weight excluding hydrogens is 314 g/mol. The number of hydrogen-bond acceptors (Lipinski definition) is 1. The van der Waals surface area contributed by atoms with Crippen LogP contribution in [0.2, 0.25) is 0 Å². The molecule has 2 aromatic carbocycles. The van der Waals surface area contributed by atoms with Crippen molar-refractivity contribution < 1.29 is 0 Å². The molecule has 0 radical (unpaired) electrons. The Kier molecular flexibility index (Phi) is 4.11. The minimum atomic E-state index is -0.0199. The second-order valence-corrected chi connectivity index (χ2v) is 10.7. The molecular formula is C25H35N. The molecule has 0 aromatic heterocycles. The summed E-state index contributed by atoms with van der Waals surface area (Å²) in [4.78, 5) is 0. The molecule has 1 nitrogen and oxygen atoms in total. The Morgan fingerprint density at radius 2 is 1.00 bits per heavy atom. The van der Waals surface area contributed by atoms with Crippen molar-refractivity contribution in [2.24, 2.45) is 0 Å². The summed E-state index contributed by atoms with van der Waals surface area (Å²) in [7, 11) is 0. The van der Waals surface area contributed by atoms with Gasteiger partial charge in [-0.05, 0) is 58.1 Å². The van der Waals surface area contributed by atoms with Gasteiger partial charge in [0.2, 0.25) is 0 Å². The van der Waals surface area contributed by atoms with E-state index in [0.29, 0.717) is 0 Å². The number of nitrogens with one attached hydrogen (secondary N) is 1. The Morgan fingerprint density at radius 1 is 0.654 bits per heavy atom. The molecule has 0 atom stereocenters. The highest BCUT2D eigenvalue weighted by Crippen LogP contribution is 2.49. The zero-order valence-electron chi connectivity index (χ0n) is 18.3. The monoisotopic (exact) mass is 349 g/mol. The predicted octanol–water partition coefficient (Wildman–Crippen LogP) is 7.28. The highest BCUT2D eigenvalue weighted by Gasteiger charge is 2.36. The number of hydrogen-bond donors (Lipinski definition) is 1. The molecule has 1 heterocycles. The Hall–Kier alpha value is -1.76. The van der Waals surface area contributed by atoms with E-state index in [4.69, 9.17) is 0 Å². The fraction of sp³-hybridized carbons (Fsp3) is 0.520. The van der Waals surface area contributed by atoms with Gasteiger partial charge in [-0.2, -0.15) is 0 Å². The van der Waals surface area contributed by atoms with Gasteiger partial charge in [0.15, 0.2) is 0 Å². The molecule has 0 saturated heterocycles. The topological polar surface area (TPSA) is 12.0 Å². The van der Waals surface area contributed by atoms with Gasteiger partial charge in [-0.25, -0.2) is 0 Å². The third-order valence-corrected chi connectivity index (χ3v) is 6.00. The minimum absolute atomic E-state index is 0.0199. The number of benzene rings is 2. The van der Waals surface area contributed by atoms with Crippen LogP contribution in [0.15, 0.2) is 24.3 Å². The van der Waals surface area contributed by atoms with Crippen LogP contribution in [0, 0.1) is 13.8 Å². The van der Waals surface area contributed by atoms with Crippen molar-refractivity contribution in [3.05, 3.63) is 57.6 Å². The average Bonchev–Trinajstić information content (AvgIpc) is 2.47. The Balaban J connectivity index is 2.29. The molecule has 140 valence electrons. The van der Waals surface area contributed by atoms with Crippen LogP contribution in [-0.4, -0.2) is 0 Å². The van der Waals surface area contributed by atoms with Gasteiger partial charge >= 0.3 is 0 Å². The summed E-state index contributed by atoms with van der Waals surface area (Å²) in [5.74, 6) is 0. The van der Waals surface area contributed by atoms with Crippen molar-refractivity contribution in [1.29, 1.82) is 0 Å². The lowest BCUT2D eigenvalue weighted by Gasteiger charge is -2.39. The number of aryl methyl sites for hydroxylation is 2. The molecule has 0 bridgehead atoms. The van der Waals surface area contributed by atoms with Gasteiger partial charge in [-0.1, -0.05) is 79.7 Å². The van der Waals surface area contributed by atoms with E-state index in [2.05, 4.69) is 98.8 Å². The van der Waals surface area contributed by atoms with Crippen LogP contribution >= 0.6 is 0 Å². The first-order chi connectivity index (χ1) is 11.7. The molecule has 1 heteroatoms. The van der Waals surface area contributed by atoms with Crippen LogP contribution in [0.3, 0.4) is 0 Å². The summed E-state index contributed by atoms with van der Waals surface area (Å²) in [6.07, 6.45) is 0. The van der Waals surface area contributed by atoms with Gasteiger partial charge in [0.25, 0.3) is 0 Å². The van der Waals surface area contributed by atoms with Crippen LogP contribution in [0.4, 0.5) is 11.4 Å². The van der Waals surface area contributed by atoms with Crippen LogP contribution in [-0.2, 0) is 16.2 Å². The van der Waals surface area contributed by atoms with Crippen molar-refractivity contribution in [1.82, 2.24) is 0 Å². The van der Waals surface area contributed by atoms with E-state index in [1.54, 1.807) is 0 Å². The van der Waals surface area contributed by atoms with Gasteiger partial charge in [0.1, 0.15) is 0 Å². The van der Waals surface area contributed by atoms with Gasteiger partial charge in [0, 0.05) is 16.8 Å². The van der Waals surface area contributed by atoms with Crippen molar-refractivity contribution in [2.75, 3.05) is 5.32 Å². The van der Waals surface area contributed by atoms with Gasteiger partial charge in [-0.3, -0.25) is 0 Å². The van der Waals surface area contributed by atoms with Crippen LogP contribution in [0.1, 0.15) is 88.8 Å². The molecule has 26 heavy (non-hydrogen) atoms. The first-order valence-corrected chi connectivity index (χ1v) is 9.81. The number of fused-ring (bicyclic) bond motifs is 2. The highest BCUT2D eigenvalue weighted by molar-refractivity contribution is 5.80. The van der Waals surface area contributed by atoms with Crippen LogP contribution in [0.5, 0.6) is 0 Å². The van der Waals surface area contributed by atoms with Gasteiger partial charge in [-0.15, -0.1) is 0 Å². The third kappa shape index (κ3) is 2.96. The van der Waals surface area contributed by atoms with E-state index < -0.39 is 0 Å². The lowest BCUT2D eigenvalue weighted by molar-refractivity contribution is 0.574. The first kappa shape index (κ1) is 19.0.